The van der Waals surface area contributed by atoms with Crippen molar-refractivity contribution in [2.24, 2.45) is 5.73 Å². The predicted molar refractivity (Wildman–Crippen MR) is 58.2 cm³/mol. The normalized spacial score (nSPS) is 13.9. The molecule has 0 rings (SSSR count). The van der Waals surface area contributed by atoms with Crippen molar-refractivity contribution >= 4 is 0 Å². The Labute approximate surface area is 86.8 Å². The second kappa shape index (κ2) is 8.14. The van der Waals surface area contributed by atoms with Gasteiger partial charge >= 0.3 is 0 Å². The lowest BCUT2D eigenvalue weighted by Crippen LogP contribution is -2.50. The number of nitrogens with one attached hydrogen (secondary N) is 1. The van der Waals surface area contributed by atoms with Crippen LogP contribution in [-0.4, -0.2) is 61.6 Å². The van der Waals surface area contributed by atoms with Crippen LogP contribution in [0.1, 0.15) is 13.3 Å². The van der Waals surface area contributed by atoms with Crippen LogP contribution >= 0.6 is 0 Å². The van der Waals surface area contributed by atoms with E-state index >= 15 is 0 Å². The first-order valence-corrected chi connectivity index (χ1v) is 5.16. The molecular weight excluding hydrogens is 180 g/mol. The highest BCUT2D eigenvalue weighted by Gasteiger charge is 2.17. The standard InChI is InChI=1S/C9H24N4O/c1-4-7-13(14)9(12(2)3)8-11-6-5-10/h9,11,14H,4-8,10H2,1-3H3. The quantitative estimate of drug-likeness (QED) is 0.283. The average molecular weight is 204 g/mol. The minimum Gasteiger partial charge on any atom is -0.329 e. The van der Waals surface area contributed by atoms with Gasteiger partial charge in [0.05, 0.1) is 6.17 Å². The summed E-state index contributed by atoms with van der Waals surface area (Å²) >= 11 is 0. The van der Waals surface area contributed by atoms with Gasteiger partial charge in [-0.25, -0.2) is 0 Å². The first-order valence-electron chi connectivity index (χ1n) is 5.16. The van der Waals surface area contributed by atoms with Crippen LogP contribution < -0.4 is 11.1 Å². The molecule has 0 spiro atoms. The third-order valence-electron chi connectivity index (χ3n) is 2.04. The van der Waals surface area contributed by atoms with Crippen molar-refractivity contribution in [1.29, 1.82) is 0 Å². The van der Waals surface area contributed by atoms with Gasteiger partial charge in [-0.15, -0.1) is 0 Å². The summed E-state index contributed by atoms with van der Waals surface area (Å²) in [4.78, 5) is 1.99. The number of rotatable bonds is 8. The molecule has 0 saturated carbocycles. The first-order chi connectivity index (χ1) is 6.63. The minimum absolute atomic E-state index is 0.0153. The molecule has 0 aliphatic rings. The van der Waals surface area contributed by atoms with Crippen LogP contribution in [0.25, 0.3) is 0 Å². The zero-order chi connectivity index (χ0) is 11.0. The molecule has 0 saturated heterocycles. The van der Waals surface area contributed by atoms with E-state index < -0.39 is 0 Å². The van der Waals surface area contributed by atoms with E-state index in [2.05, 4.69) is 5.32 Å². The molecule has 0 fully saturated rings. The Kier molecular flexibility index (Phi) is 8.02. The summed E-state index contributed by atoms with van der Waals surface area (Å²) in [5, 5.41) is 14.3. The van der Waals surface area contributed by atoms with Gasteiger partial charge in [-0.05, 0) is 20.5 Å². The Morgan fingerprint density at radius 2 is 2.07 bits per heavy atom. The van der Waals surface area contributed by atoms with Crippen molar-refractivity contribution < 1.29 is 5.21 Å². The number of hydrogen-bond acceptors (Lipinski definition) is 5. The van der Waals surface area contributed by atoms with Crippen LogP contribution in [0.2, 0.25) is 0 Å². The molecule has 5 nitrogen and oxygen atoms in total. The van der Waals surface area contributed by atoms with Gasteiger partial charge in [0.2, 0.25) is 0 Å². The molecule has 0 radical (unpaired) electrons. The predicted octanol–water partition coefficient (Wildman–Crippen LogP) is -0.476. The van der Waals surface area contributed by atoms with E-state index in [1.54, 1.807) is 0 Å². The first kappa shape index (κ1) is 13.8. The Morgan fingerprint density at radius 3 is 2.50 bits per heavy atom. The molecule has 0 amide bonds. The molecule has 0 aromatic rings. The number of likely N-dealkylation sites (N-methyl/N-ethyl adjacent to an activating group) is 1. The van der Waals surface area contributed by atoms with Gasteiger partial charge in [0.25, 0.3) is 0 Å². The summed E-state index contributed by atoms with van der Waals surface area (Å²) in [6, 6.07) is 0. The molecule has 1 atom stereocenters. The zero-order valence-electron chi connectivity index (χ0n) is 9.53. The Hall–Kier alpha value is -0.200. The Morgan fingerprint density at radius 1 is 1.43 bits per heavy atom. The summed E-state index contributed by atoms with van der Waals surface area (Å²) in [6.45, 7) is 4.86. The molecule has 0 aliphatic heterocycles. The van der Waals surface area contributed by atoms with Gasteiger partial charge in [-0.1, -0.05) is 6.92 Å². The molecule has 0 aromatic heterocycles. The van der Waals surface area contributed by atoms with Gasteiger partial charge in [0, 0.05) is 26.2 Å². The van der Waals surface area contributed by atoms with E-state index in [0.717, 1.165) is 19.5 Å². The number of hydroxylamine groups is 2. The summed E-state index contributed by atoms with van der Waals surface area (Å²) in [5.74, 6) is 0. The second-order valence-corrected chi connectivity index (χ2v) is 3.60. The van der Waals surface area contributed by atoms with Gasteiger partial charge in [0.1, 0.15) is 0 Å². The molecule has 0 heterocycles. The lowest BCUT2D eigenvalue weighted by molar-refractivity contribution is -0.161. The van der Waals surface area contributed by atoms with Crippen molar-refractivity contribution in [1.82, 2.24) is 15.3 Å². The highest BCUT2D eigenvalue weighted by Crippen LogP contribution is 1.99. The smallest absolute Gasteiger partial charge is 0.0986 e. The highest BCUT2D eigenvalue weighted by atomic mass is 16.5. The van der Waals surface area contributed by atoms with E-state index in [-0.39, 0.29) is 6.17 Å². The Bertz CT molecular complexity index is 132. The van der Waals surface area contributed by atoms with Crippen LogP contribution in [0.15, 0.2) is 0 Å². The molecule has 0 aromatic carbocycles. The summed E-state index contributed by atoms with van der Waals surface area (Å²) < 4.78 is 0. The van der Waals surface area contributed by atoms with Gasteiger partial charge < -0.3 is 16.3 Å². The maximum atomic E-state index is 9.70. The van der Waals surface area contributed by atoms with Crippen LogP contribution in [0.3, 0.4) is 0 Å². The van der Waals surface area contributed by atoms with Gasteiger partial charge in [-0.3, -0.25) is 4.90 Å². The van der Waals surface area contributed by atoms with Crippen LogP contribution in [0.5, 0.6) is 0 Å². The van der Waals surface area contributed by atoms with Crippen molar-refractivity contribution in [3.63, 3.8) is 0 Å². The van der Waals surface area contributed by atoms with Gasteiger partial charge in [-0.2, -0.15) is 5.06 Å². The molecule has 4 N–H and O–H groups in total. The molecule has 14 heavy (non-hydrogen) atoms. The van der Waals surface area contributed by atoms with Crippen LogP contribution in [0.4, 0.5) is 0 Å². The van der Waals surface area contributed by atoms with Crippen LogP contribution in [0, 0.1) is 0 Å². The van der Waals surface area contributed by atoms with Crippen molar-refractivity contribution in [2.45, 2.75) is 19.5 Å². The summed E-state index contributed by atoms with van der Waals surface area (Å²) in [5.41, 5.74) is 5.37. The fourth-order valence-electron chi connectivity index (χ4n) is 1.27. The molecule has 0 bridgehead atoms. The SMILES string of the molecule is CCCN(O)C(CNCCN)N(C)C. The van der Waals surface area contributed by atoms with Crippen molar-refractivity contribution in [3.8, 4) is 0 Å². The van der Waals surface area contributed by atoms with E-state index in [1.165, 1.54) is 5.06 Å². The molecule has 86 valence electrons. The maximum absolute atomic E-state index is 9.70. The largest absolute Gasteiger partial charge is 0.329 e. The molecule has 0 aliphatic carbocycles. The van der Waals surface area contributed by atoms with E-state index in [1.807, 2.05) is 25.9 Å². The topological polar surface area (TPSA) is 64.8 Å². The minimum atomic E-state index is 0.0153. The maximum Gasteiger partial charge on any atom is 0.0986 e. The van der Waals surface area contributed by atoms with Crippen LogP contribution in [-0.2, 0) is 0 Å². The molecule has 5 heteroatoms. The lowest BCUT2D eigenvalue weighted by Gasteiger charge is -2.31. The van der Waals surface area contributed by atoms with Crippen molar-refractivity contribution in [2.75, 3.05) is 40.3 Å². The second-order valence-electron chi connectivity index (χ2n) is 3.60. The summed E-state index contributed by atoms with van der Waals surface area (Å²) in [6.07, 6.45) is 0.957. The average Bonchev–Trinajstić information content (AvgIpc) is 2.12. The highest BCUT2D eigenvalue weighted by molar-refractivity contribution is 4.65. The molecular formula is C9H24N4O. The fraction of sp³-hybridized carbons (Fsp3) is 1.00. The van der Waals surface area contributed by atoms with E-state index in [0.29, 0.717) is 13.1 Å². The molecule has 1 unspecified atom stereocenters. The van der Waals surface area contributed by atoms with E-state index in [4.69, 9.17) is 5.73 Å². The number of nitrogens with zero attached hydrogens (tertiary/aromatic N) is 2. The third kappa shape index (κ3) is 5.51. The summed E-state index contributed by atoms with van der Waals surface area (Å²) in [7, 11) is 3.90. The lowest BCUT2D eigenvalue weighted by atomic mass is 10.3. The zero-order valence-corrected chi connectivity index (χ0v) is 9.53. The van der Waals surface area contributed by atoms with Crippen molar-refractivity contribution in [3.05, 3.63) is 0 Å². The third-order valence-corrected chi connectivity index (χ3v) is 2.04. The number of nitrogens with two attached hydrogens (primary N) is 1. The monoisotopic (exact) mass is 204 g/mol. The van der Waals surface area contributed by atoms with E-state index in [9.17, 15) is 5.21 Å². The fourth-order valence-corrected chi connectivity index (χ4v) is 1.27. The Balaban J connectivity index is 3.88. The number of hydrogen-bond donors (Lipinski definition) is 3. The van der Waals surface area contributed by atoms with Gasteiger partial charge in [0.15, 0.2) is 0 Å².